The van der Waals surface area contributed by atoms with Gasteiger partial charge in [-0.1, -0.05) is 6.07 Å². The van der Waals surface area contributed by atoms with Crippen molar-refractivity contribution in [2.24, 2.45) is 0 Å². The normalized spacial score (nSPS) is 20.2. The monoisotopic (exact) mass is 311 g/mol. The summed E-state index contributed by atoms with van der Waals surface area (Å²) in [5.41, 5.74) is 7.03. The van der Waals surface area contributed by atoms with Crippen molar-refractivity contribution in [3.63, 3.8) is 0 Å². The number of carbonyl (C=O) groups is 1. The molecule has 1 amide bonds. The summed E-state index contributed by atoms with van der Waals surface area (Å²) in [7, 11) is -3.62. The van der Waals surface area contributed by atoms with Crippen LogP contribution in [0.5, 0.6) is 0 Å². The van der Waals surface area contributed by atoms with Crippen LogP contribution in [0.25, 0.3) is 0 Å². The van der Waals surface area contributed by atoms with Gasteiger partial charge >= 0.3 is 0 Å². The highest BCUT2D eigenvalue weighted by Crippen LogP contribution is 2.25. The first-order valence-electron chi connectivity index (χ1n) is 6.94. The molecule has 0 bridgehead atoms. The number of piperidine rings is 1. The highest BCUT2D eigenvalue weighted by atomic mass is 32.2. The number of benzene rings is 1. The first-order valence-corrected chi connectivity index (χ1v) is 8.38. The van der Waals surface area contributed by atoms with E-state index in [1.54, 1.807) is 18.2 Å². The van der Waals surface area contributed by atoms with E-state index in [-0.39, 0.29) is 29.1 Å². The van der Waals surface area contributed by atoms with E-state index < -0.39 is 10.0 Å². The molecule has 116 valence electrons. The highest BCUT2D eigenvalue weighted by Gasteiger charge is 2.31. The van der Waals surface area contributed by atoms with Gasteiger partial charge in [-0.05, 0) is 37.5 Å². The van der Waals surface area contributed by atoms with Crippen molar-refractivity contribution in [2.75, 3.05) is 18.8 Å². The van der Waals surface area contributed by atoms with Gasteiger partial charge in [0, 0.05) is 26.1 Å². The van der Waals surface area contributed by atoms with Gasteiger partial charge in [-0.3, -0.25) is 4.79 Å². The molecule has 1 aliphatic heterocycles. The third-order valence-corrected chi connectivity index (χ3v) is 5.51. The molecule has 0 aromatic heterocycles. The summed E-state index contributed by atoms with van der Waals surface area (Å²) < 4.78 is 26.8. The Morgan fingerprint density at radius 3 is 2.76 bits per heavy atom. The highest BCUT2D eigenvalue weighted by molar-refractivity contribution is 7.89. The zero-order valence-corrected chi connectivity index (χ0v) is 13.1. The molecule has 0 spiro atoms. The second-order valence-corrected chi connectivity index (χ2v) is 7.35. The minimum Gasteiger partial charge on any atom is -0.398 e. The van der Waals surface area contributed by atoms with Gasteiger partial charge in [-0.25, -0.2) is 8.42 Å². The number of aryl methyl sites for hydroxylation is 1. The molecule has 1 unspecified atom stereocenters. The van der Waals surface area contributed by atoms with Crippen LogP contribution in [0.1, 0.15) is 25.3 Å². The number of anilines is 1. The van der Waals surface area contributed by atoms with Crippen LogP contribution in [-0.4, -0.2) is 37.8 Å². The van der Waals surface area contributed by atoms with Gasteiger partial charge in [0.1, 0.15) is 4.90 Å². The first-order chi connectivity index (χ1) is 9.80. The maximum Gasteiger partial charge on any atom is 0.245 e. The average molecular weight is 311 g/mol. The molecule has 1 aliphatic rings. The van der Waals surface area contributed by atoms with Crippen LogP contribution >= 0.6 is 0 Å². The molecule has 1 aromatic rings. The lowest BCUT2D eigenvalue weighted by Crippen LogP contribution is -2.49. The quantitative estimate of drug-likeness (QED) is 0.810. The maximum absolute atomic E-state index is 12.7. The van der Waals surface area contributed by atoms with Crippen molar-refractivity contribution < 1.29 is 13.2 Å². The number of carbonyl (C=O) groups excluding carboxylic acids is 1. The lowest BCUT2D eigenvalue weighted by atomic mass is 10.1. The third-order valence-electron chi connectivity index (χ3n) is 3.57. The van der Waals surface area contributed by atoms with Crippen molar-refractivity contribution in [3.05, 3.63) is 23.8 Å². The molecule has 3 N–H and O–H groups in total. The van der Waals surface area contributed by atoms with Crippen molar-refractivity contribution in [2.45, 2.75) is 37.6 Å². The Morgan fingerprint density at radius 2 is 2.14 bits per heavy atom. The molecule has 0 radical (unpaired) electrons. The Bertz CT molecular complexity index is 643. The zero-order chi connectivity index (χ0) is 15.6. The first kappa shape index (κ1) is 15.8. The Balaban J connectivity index is 2.24. The van der Waals surface area contributed by atoms with E-state index in [2.05, 4.69) is 5.32 Å². The van der Waals surface area contributed by atoms with E-state index in [0.29, 0.717) is 6.54 Å². The number of rotatable bonds is 3. The third kappa shape index (κ3) is 3.54. The fraction of sp³-hybridized carbons (Fsp3) is 0.500. The molecule has 6 nitrogen and oxygen atoms in total. The number of hydrogen-bond donors (Lipinski definition) is 2. The number of amides is 1. The lowest BCUT2D eigenvalue weighted by Gasteiger charge is -2.32. The van der Waals surface area contributed by atoms with E-state index in [1.807, 2.05) is 6.92 Å². The Morgan fingerprint density at radius 1 is 1.43 bits per heavy atom. The van der Waals surface area contributed by atoms with E-state index in [0.717, 1.165) is 18.4 Å². The average Bonchev–Trinajstić information content (AvgIpc) is 2.37. The zero-order valence-electron chi connectivity index (χ0n) is 12.3. The smallest absolute Gasteiger partial charge is 0.245 e. The van der Waals surface area contributed by atoms with Crippen LogP contribution in [0, 0.1) is 6.92 Å². The van der Waals surface area contributed by atoms with E-state index in [9.17, 15) is 13.2 Å². The summed E-state index contributed by atoms with van der Waals surface area (Å²) in [6.07, 6.45) is 1.50. The van der Waals surface area contributed by atoms with Crippen molar-refractivity contribution in [3.8, 4) is 0 Å². The Kier molecular flexibility index (Phi) is 4.53. The molecule has 1 saturated heterocycles. The molecule has 1 heterocycles. The second kappa shape index (κ2) is 6.03. The number of sulfonamides is 1. The lowest BCUT2D eigenvalue weighted by molar-refractivity contribution is -0.119. The topological polar surface area (TPSA) is 92.5 Å². The van der Waals surface area contributed by atoms with Crippen LogP contribution in [-0.2, 0) is 14.8 Å². The molecule has 7 heteroatoms. The van der Waals surface area contributed by atoms with Crippen molar-refractivity contribution >= 4 is 21.6 Å². The number of nitrogens with one attached hydrogen (secondary N) is 1. The van der Waals surface area contributed by atoms with Gasteiger partial charge < -0.3 is 11.1 Å². The maximum atomic E-state index is 12.7. The molecule has 1 atom stereocenters. The van der Waals surface area contributed by atoms with Crippen molar-refractivity contribution in [1.82, 2.24) is 9.62 Å². The van der Waals surface area contributed by atoms with Gasteiger partial charge in [0.15, 0.2) is 0 Å². The van der Waals surface area contributed by atoms with E-state index in [1.165, 1.54) is 11.2 Å². The molecule has 2 rings (SSSR count). The number of nitrogens with two attached hydrogens (primary N) is 1. The van der Waals surface area contributed by atoms with Crippen molar-refractivity contribution in [1.29, 1.82) is 0 Å². The van der Waals surface area contributed by atoms with E-state index in [4.69, 9.17) is 5.73 Å². The molecule has 21 heavy (non-hydrogen) atoms. The van der Waals surface area contributed by atoms with E-state index >= 15 is 0 Å². The number of nitrogens with zero attached hydrogens (tertiary/aromatic N) is 1. The molecule has 0 aliphatic carbocycles. The summed E-state index contributed by atoms with van der Waals surface area (Å²) in [5.74, 6) is -0.144. The SMILES string of the molecule is CC(=O)NC1CCCN(S(=O)(=O)c2ccc(C)cc2N)C1. The molecular weight excluding hydrogens is 290 g/mol. The summed E-state index contributed by atoms with van der Waals surface area (Å²) in [5, 5.41) is 2.78. The molecule has 0 saturated carbocycles. The summed E-state index contributed by atoms with van der Waals surface area (Å²) in [6, 6.07) is 4.79. The number of nitrogen functional groups attached to an aromatic ring is 1. The largest absolute Gasteiger partial charge is 0.398 e. The van der Waals surface area contributed by atoms with Crippen LogP contribution in [0.3, 0.4) is 0 Å². The molecule has 1 fully saturated rings. The van der Waals surface area contributed by atoms with Crippen LogP contribution in [0.2, 0.25) is 0 Å². The standard InChI is InChI=1S/C14H21N3O3S/c1-10-5-6-14(13(15)8-10)21(19,20)17-7-3-4-12(9-17)16-11(2)18/h5-6,8,12H,3-4,7,9,15H2,1-2H3,(H,16,18). The molecule has 1 aromatic carbocycles. The van der Waals surface area contributed by atoms with Gasteiger partial charge in [0.25, 0.3) is 0 Å². The minimum atomic E-state index is -3.62. The Hall–Kier alpha value is -1.60. The van der Waals surface area contributed by atoms with Crippen LogP contribution < -0.4 is 11.1 Å². The Labute approximate surface area is 125 Å². The summed E-state index contributed by atoms with van der Waals surface area (Å²) in [6.45, 7) is 4.03. The van der Waals surface area contributed by atoms with Crippen LogP contribution in [0.15, 0.2) is 23.1 Å². The van der Waals surface area contributed by atoms with Gasteiger partial charge in [-0.15, -0.1) is 0 Å². The fourth-order valence-electron chi connectivity index (χ4n) is 2.61. The predicted molar refractivity (Wildman–Crippen MR) is 81.2 cm³/mol. The van der Waals surface area contributed by atoms with Crippen LogP contribution in [0.4, 0.5) is 5.69 Å². The fourth-order valence-corrected chi connectivity index (χ4v) is 4.23. The van der Waals surface area contributed by atoms with Gasteiger partial charge in [0.05, 0.1) is 5.69 Å². The predicted octanol–water partition coefficient (Wildman–Crippen LogP) is 0.866. The summed E-state index contributed by atoms with van der Waals surface area (Å²) >= 11 is 0. The minimum absolute atomic E-state index is 0.136. The molecular formula is C14H21N3O3S. The summed E-state index contributed by atoms with van der Waals surface area (Å²) in [4.78, 5) is 11.3. The number of hydrogen-bond acceptors (Lipinski definition) is 4. The van der Waals surface area contributed by atoms with Gasteiger partial charge in [-0.2, -0.15) is 4.31 Å². The van der Waals surface area contributed by atoms with Gasteiger partial charge in [0.2, 0.25) is 15.9 Å². The second-order valence-electron chi connectivity index (χ2n) is 5.44.